The van der Waals surface area contributed by atoms with E-state index >= 15 is 0 Å². The van der Waals surface area contributed by atoms with Crippen molar-refractivity contribution in [3.05, 3.63) is 0 Å². The highest BCUT2D eigenvalue weighted by Crippen LogP contribution is 2.05. The number of amides is 1. The van der Waals surface area contributed by atoms with Crippen molar-refractivity contribution in [2.45, 2.75) is 52.6 Å². The number of hydrogen-bond donors (Lipinski definition) is 0. The second-order valence-electron chi connectivity index (χ2n) is 5.34. The van der Waals surface area contributed by atoms with Gasteiger partial charge in [-0.25, -0.2) is 0 Å². The van der Waals surface area contributed by atoms with Gasteiger partial charge in [0.25, 0.3) is 5.91 Å². The van der Waals surface area contributed by atoms with Crippen LogP contribution in [0.3, 0.4) is 0 Å². The van der Waals surface area contributed by atoms with Crippen molar-refractivity contribution < 1.29 is 14.3 Å². The van der Waals surface area contributed by atoms with E-state index < -0.39 is 12.1 Å². The fourth-order valence-electron chi connectivity index (χ4n) is 1.95. The van der Waals surface area contributed by atoms with Gasteiger partial charge in [-0.1, -0.05) is 26.7 Å². The molecule has 0 bridgehead atoms. The fourth-order valence-corrected chi connectivity index (χ4v) is 1.95. The van der Waals surface area contributed by atoms with Crippen LogP contribution in [0.4, 0.5) is 0 Å². The van der Waals surface area contributed by atoms with Crippen LogP contribution in [0.25, 0.3) is 0 Å². The summed E-state index contributed by atoms with van der Waals surface area (Å²) in [5.74, 6) is -0.561. The lowest BCUT2D eigenvalue weighted by Gasteiger charge is -2.28. The lowest BCUT2D eigenvalue weighted by Crippen LogP contribution is -2.45. The highest BCUT2D eigenvalue weighted by Gasteiger charge is 2.25. The van der Waals surface area contributed by atoms with Gasteiger partial charge in [0.1, 0.15) is 0 Å². The summed E-state index contributed by atoms with van der Waals surface area (Å²) >= 11 is 0. The minimum atomic E-state index is -0.698. The van der Waals surface area contributed by atoms with Crippen LogP contribution in [-0.4, -0.2) is 61.5 Å². The zero-order chi connectivity index (χ0) is 15.5. The maximum absolute atomic E-state index is 12.1. The van der Waals surface area contributed by atoms with Crippen LogP contribution in [-0.2, 0) is 14.3 Å². The van der Waals surface area contributed by atoms with Gasteiger partial charge >= 0.3 is 5.97 Å². The van der Waals surface area contributed by atoms with Crippen molar-refractivity contribution in [2.24, 2.45) is 0 Å². The Morgan fingerprint density at radius 3 is 1.90 bits per heavy atom. The van der Waals surface area contributed by atoms with Gasteiger partial charge in [-0.2, -0.15) is 0 Å². The first-order chi connectivity index (χ1) is 9.42. The van der Waals surface area contributed by atoms with E-state index in [2.05, 4.69) is 18.7 Å². The third-order valence-corrected chi connectivity index (χ3v) is 3.10. The average molecular weight is 286 g/mol. The molecule has 0 radical (unpaired) electrons. The number of esters is 1. The van der Waals surface area contributed by atoms with E-state index in [-0.39, 0.29) is 5.91 Å². The molecule has 1 amide bonds. The summed E-state index contributed by atoms with van der Waals surface area (Å²) in [5.41, 5.74) is 0. The lowest BCUT2D eigenvalue weighted by atomic mass is 10.2. The average Bonchev–Trinajstić information content (AvgIpc) is 2.39. The van der Waals surface area contributed by atoms with Gasteiger partial charge in [-0.3, -0.25) is 14.5 Å². The molecule has 5 nitrogen and oxygen atoms in total. The summed E-state index contributed by atoms with van der Waals surface area (Å²) in [4.78, 5) is 27.0. The van der Waals surface area contributed by atoms with Gasteiger partial charge in [0.2, 0.25) is 0 Å². The normalized spacial score (nSPS) is 12.3. The molecule has 0 aliphatic carbocycles. The summed E-state index contributed by atoms with van der Waals surface area (Å²) in [6.07, 6.45) is 3.71. The van der Waals surface area contributed by atoms with Gasteiger partial charge < -0.3 is 9.64 Å². The molecule has 0 N–H and O–H groups in total. The molecule has 0 fully saturated rings. The maximum Gasteiger partial charge on any atom is 0.303 e. The third-order valence-electron chi connectivity index (χ3n) is 3.10. The van der Waals surface area contributed by atoms with E-state index in [4.69, 9.17) is 4.74 Å². The standard InChI is InChI=1S/C15H30N2O3/c1-6-8-10-17(11-9-7-2)12-14(20-13(3)18)15(19)16(4)5/h14H,6-12H2,1-5H3. The first kappa shape index (κ1) is 18.9. The maximum atomic E-state index is 12.1. The molecule has 0 aromatic heterocycles. The van der Waals surface area contributed by atoms with E-state index in [1.165, 1.54) is 11.8 Å². The molecule has 1 unspecified atom stereocenters. The quantitative estimate of drug-likeness (QED) is 0.576. The van der Waals surface area contributed by atoms with E-state index in [0.29, 0.717) is 6.54 Å². The Morgan fingerprint density at radius 2 is 1.55 bits per heavy atom. The van der Waals surface area contributed by atoms with E-state index in [1.54, 1.807) is 14.1 Å². The van der Waals surface area contributed by atoms with Crippen molar-refractivity contribution in [3.63, 3.8) is 0 Å². The molecule has 118 valence electrons. The van der Waals surface area contributed by atoms with Gasteiger partial charge in [0.05, 0.1) is 0 Å². The smallest absolute Gasteiger partial charge is 0.303 e. The van der Waals surface area contributed by atoms with Crippen LogP contribution in [0.5, 0.6) is 0 Å². The number of ether oxygens (including phenoxy) is 1. The number of unbranched alkanes of at least 4 members (excludes halogenated alkanes) is 2. The number of nitrogens with zero attached hydrogens (tertiary/aromatic N) is 2. The third kappa shape index (κ3) is 8.15. The minimum absolute atomic E-state index is 0.154. The highest BCUT2D eigenvalue weighted by molar-refractivity contribution is 5.83. The minimum Gasteiger partial charge on any atom is -0.451 e. The fraction of sp³-hybridized carbons (Fsp3) is 0.867. The molecule has 0 heterocycles. The van der Waals surface area contributed by atoms with Crippen LogP contribution < -0.4 is 0 Å². The molecule has 0 aromatic carbocycles. The summed E-state index contributed by atoms with van der Waals surface area (Å²) < 4.78 is 5.19. The van der Waals surface area contributed by atoms with E-state index in [1.807, 2.05) is 0 Å². The lowest BCUT2D eigenvalue weighted by molar-refractivity contribution is -0.158. The van der Waals surface area contributed by atoms with Crippen LogP contribution in [0, 0.1) is 0 Å². The van der Waals surface area contributed by atoms with Crippen molar-refractivity contribution in [1.82, 2.24) is 9.80 Å². The van der Waals surface area contributed by atoms with Gasteiger partial charge in [-0.15, -0.1) is 0 Å². The number of carbonyl (C=O) groups is 2. The molecule has 0 spiro atoms. The molecular formula is C15H30N2O3. The molecular weight excluding hydrogens is 256 g/mol. The van der Waals surface area contributed by atoms with Gasteiger partial charge in [0.15, 0.2) is 6.10 Å². The van der Waals surface area contributed by atoms with Crippen LogP contribution in [0.15, 0.2) is 0 Å². The predicted octanol–water partition coefficient (Wildman–Crippen LogP) is 1.91. The van der Waals surface area contributed by atoms with Crippen molar-refractivity contribution >= 4 is 11.9 Å². The predicted molar refractivity (Wildman–Crippen MR) is 80.5 cm³/mol. The zero-order valence-corrected chi connectivity index (χ0v) is 13.6. The topological polar surface area (TPSA) is 49.9 Å². The molecule has 20 heavy (non-hydrogen) atoms. The molecule has 5 heteroatoms. The Balaban J connectivity index is 4.67. The summed E-state index contributed by atoms with van der Waals surface area (Å²) in [5, 5.41) is 0. The molecule has 0 aromatic rings. The molecule has 0 saturated heterocycles. The second kappa shape index (κ2) is 10.7. The molecule has 0 saturated carbocycles. The van der Waals surface area contributed by atoms with E-state index in [9.17, 15) is 9.59 Å². The number of likely N-dealkylation sites (N-methyl/N-ethyl adjacent to an activating group) is 1. The largest absolute Gasteiger partial charge is 0.451 e. The van der Waals surface area contributed by atoms with Crippen LogP contribution in [0.2, 0.25) is 0 Å². The number of carbonyl (C=O) groups excluding carboxylic acids is 2. The Morgan fingerprint density at radius 1 is 1.05 bits per heavy atom. The van der Waals surface area contributed by atoms with Crippen LogP contribution >= 0.6 is 0 Å². The van der Waals surface area contributed by atoms with E-state index in [0.717, 1.165) is 38.8 Å². The molecule has 0 rings (SSSR count). The Kier molecular flexibility index (Phi) is 10.1. The summed E-state index contributed by atoms with van der Waals surface area (Å²) in [6, 6.07) is 0. The van der Waals surface area contributed by atoms with Crippen LogP contribution in [0.1, 0.15) is 46.5 Å². The SMILES string of the molecule is CCCCN(CCCC)CC(OC(C)=O)C(=O)N(C)C. The first-order valence-corrected chi connectivity index (χ1v) is 7.53. The molecule has 0 aliphatic rings. The van der Waals surface area contributed by atoms with Crippen molar-refractivity contribution in [1.29, 1.82) is 0 Å². The molecule has 0 aliphatic heterocycles. The van der Waals surface area contributed by atoms with Gasteiger partial charge in [-0.05, 0) is 25.9 Å². The summed E-state index contributed by atoms with van der Waals surface area (Å²) in [6.45, 7) is 8.00. The number of hydrogen-bond acceptors (Lipinski definition) is 4. The highest BCUT2D eigenvalue weighted by atomic mass is 16.5. The van der Waals surface area contributed by atoms with Crippen molar-refractivity contribution in [3.8, 4) is 0 Å². The Bertz CT molecular complexity index is 285. The Labute approximate surface area is 123 Å². The first-order valence-electron chi connectivity index (χ1n) is 7.53. The monoisotopic (exact) mass is 286 g/mol. The number of rotatable bonds is 10. The van der Waals surface area contributed by atoms with Crippen molar-refractivity contribution in [2.75, 3.05) is 33.7 Å². The zero-order valence-electron chi connectivity index (χ0n) is 13.6. The second-order valence-corrected chi connectivity index (χ2v) is 5.34. The van der Waals surface area contributed by atoms with Gasteiger partial charge in [0, 0.05) is 27.6 Å². The summed E-state index contributed by atoms with van der Waals surface area (Å²) in [7, 11) is 3.36. The molecule has 1 atom stereocenters. The Hall–Kier alpha value is -1.10.